The van der Waals surface area contributed by atoms with Crippen molar-refractivity contribution in [2.24, 2.45) is 0 Å². The van der Waals surface area contributed by atoms with Gasteiger partial charge in [-0.25, -0.2) is 0 Å². The molecule has 0 aliphatic heterocycles. The number of hydrogen-bond donors (Lipinski definition) is 0. The van der Waals surface area contributed by atoms with Gasteiger partial charge in [-0.1, -0.05) is 78.9 Å². The molecule has 0 saturated carbocycles. The zero-order chi connectivity index (χ0) is 15.6. The van der Waals surface area contributed by atoms with Gasteiger partial charge in [0.2, 0.25) is 0 Å². The Bertz CT molecular complexity index is 952. The predicted octanol–water partition coefficient (Wildman–Crippen LogP) is 5.30. The van der Waals surface area contributed by atoms with Gasteiger partial charge in [-0.15, -0.1) is 0 Å². The van der Waals surface area contributed by atoms with Crippen LogP contribution in [0.25, 0.3) is 21.5 Å². The van der Waals surface area contributed by atoms with Crippen LogP contribution in [0.5, 0.6) is 0 Å². The van der Waals surface area contributed by atoms with Crippen molar-refractivity contribution in [1.29, 1.82) is 0 Å². The molecule has 4 aromatic rings. The highest BCUT2D eigenvalue weighted by Crippen LogP contribution is 2.31. The smallest absolute Gasteiger partial charge is 0.0586 e. The summed E-state index contributed by atoms with van der Waals surface area (Å²) < 4.78 is 13.2. The summed E-state index contributed by atoms with van der Waals surface area (Å²) in [5.74, 6) is 0.541. The maximum Gasteiger partial charge on any atom is 0.0586 e. The first kappa shape index (κ1) is 14.2. The Labute approximate surface area is 138 Å². The number of benzene rings is 4. The first-order valence-electron chi connectivity index (χ1n) is 7.66. The van der Waals surface area contributed by atoms with Crippen LogP contribution < -0.4 is 0 Å². The van der Waals surface area contributed by atoms with Crippen LogP contribution in [-0.4, -0.2) is 4.21 Å². The Balaban J connectivity index is 1.94. The van der Waals surface area contributed by atoms with E-state index >= 15 is 0 Å². The molecule has 0 radical (unpaired) electrons. The quantitative estimate of drug-likeness (QED) is 0.469. The van der Waals surface area contributed by atoms with Crippen molar-refractivity contribution < 1.29 is 4.21 Å². The SMILES string of the molecule is O=S(Cc1ccccc1)c1c2ccccc2cc2ccccc12. The van der Waals surface area contributed by atoms with E-state index in [1.807, 2.05) is 54.6 Å². The van der Waals surface area contributed by atoms with Crippen LogP contribution in [0.3, 0.4) is 0 Å². The molecule has 112 valence electrons. The summed E-state index contributed by atoms with van der Waals surface area (Å²) in [7, 11) is -1.08. The molecule has 1 atom stereocenters. The van der Waals surface area contributed by atoms with Gasteiger partial charge in [-0.2, -0.15) is 0 Å². The molecule has 0 fully saturated rings. The maximum atomic E-state index is 13.2. The molecule has 0 aromatic heterocycles. The van der Waals surface area contributed by atoms with E-state index < -0.39 is 10.8 Å². The lowest BCUT2D eigenvalue weighted by Crippen LogP contribution is -1.99. The van der Waals surface area contributed by atoms with E-state index in [0.29, 0.717) is 5.75 Å². The molecule has 0 spiro atoms. The lowest BCUT2D eigenvalue weighted by molar-refractivity contribution is 0.684. The number of fused-ring (bicyclic) bond motifs is 2. The Morgan fingerprint density at radius 3 is 1.78 bits per heavy atom. The van der Waals surface area contributed by atoms with Gasteiger partial charge in [0, 0.05) is 0 Å². The largest absolute Gasteiger partial charge is 0.254 e. The van der Waals surface area contributed by atoms with Crippen LogP contribution >= 0.6 is 0 Å². The van der Waals surface area contributed by atoms with Crippen LogP contribution in [0.4, 0.5) is 0 Å². The molecule has 0 bridgehead atoms. The molecular formula is C21H16OS. The first-order valence-corrected chi connectivity index (χ1v) is 8.97. The molecule has 23 heavy (non-hydrogen) atoms. The summed E-state index contributed by atoms with van der Waals surface area (Å²) in [5, 5.41) is 4.45. The minimum absolute atomic E-state index is 0.541. The summed E-state index contributed by atoms with van der Waals surface area (Å²) in [6.07, 6.45) is 0. The average molecular weight is 316 g/mol. The topological polar surface area (TPSA) is 17.1 Å². The minimum atomic E-state index is -1.08. The highest BCUT2D eigenvalue weighted by Gasteiger charge is 2.13. The van der Waals surface area contributed by atoms with E-state index in [1.165, 1.54) is 0 Å². The second kappa shape index (κ2) is 5.98. The van der Waals surface area contributed by atoms with Gasteiger partial charge < -0.3 is 0 Å². The van der Waals surface area contributed by atoms with E-state index in [2.05, 4.69) is 30.3 Å². The summed E-state index contributed by atoms with van der Waals surface area (Å²) in [5.41, 5.74) is 1.10. The molecule has 1 nitrogen and oxygen atoms in total. The summed E-state index contributed by atoms with van der Waals surface area (Å²) in [4.78, 5) is 0.947. The highest BCUT2D eigenvalue weighted by atomic mass is 32.2. The summed E-state index contributed by atoms with van der Waals surface area (Å²) in [6, 6.07) is 28.6. The van der Waals surface area contributed by atoms with Crippen molar-refractivity contribution in [1.82, 2.24) is 0 Å². The van der Waals surface area contributed by atoms with Gasteiger partial charge in [0.05, 0.1) is 21.4 Å². The molecule has 0 N–H and O–H groups in total. The van der Waals surface area contributed by atoms with E-state index in [0.717, 1.165) is 32.0 Å². The van der Waals surface area contributed by atoms with Gasteiger partial charge in [0.15, 0.2) is 0 Å². The molecule has 2 heteroatoms. The highest BCUT2D eigenvalue weighted by molar-refractivity contribution is 7.84. The van der Waals surface area contributed by atoms with Crippen LogP contribution in [0.1, 0.15) is 5.56 Å². The summed E-state index contributed by atoms with van der Waals surface area (Å²) >= 11 is 0. The van der Waals surface area contributed by atoms with E-state index in [9.17, 15) is 4.21 Å². The molecule has 0 saturated heterocycles. The molecule has 0 heterocycles. The number of rotatable bonds is 3. The lowest BCUT2D eigenvalue weighted by atomic mass is 10.0. The average Bonchev–Trinajstić information content (AvgIpc) is 2.60. The van der Waals surface area contributed by atoms with Crippen molar-refractivity contribution in [2.75, 3.05) is 0 Å². The monoisotopic (exact) mass is 316 g/mol. The zero-order valence-electron chi connectivity index (χ0n) is 12.6. The third kappa shape index (κ3) is 2.66. The van der Waals surface area contributed by atoms with Gasteiger partial charge in [-0.3, -0.25) is 4.21 Å². The fourth-order valence-corrected chi connectivity index (χ4v) is 4.52. The zero-order valence-corrected chi connectivity index (χ0v) is 13.4. The second-order valence-corrected chi connectivity index (χ2v) is 7.01. The van der Waals surface area contributed by atoms with Crippen LogP contribution in [0, 0.1) is 0 Å². The van der Waals surface area contributed by atoms with Gasteiger partial charge >= 0.3 is 0 Å². The second-order valence-electron chi connectivity index (χ2n) is 5.62. The Hall–Kier alpha value is -2.45. The Morgan fingerprint density at radius 1 is 0.652 bits per heavy atom. The lowest BCUT2D eigenvalue weighted by Gasteiger charge is -2.11. The maximum absolute atomic E-state index is 13.2. The molecule has 4 rings (SSSR count). The fraction of sp³-hybridized carbons (Fsp3) is 0.0476. The Morgan fingerprint density at radius 2 is 1.17 bits per heavy atom. The van der Waals surface area contributed by atoms with Crippen molar-refractivity contribution in [3.05, 3.63) is 90.5 Å². The predicted molar refractivity (Wildman–Crippen MR) is 98.0 cm³/mol. The third-order valence-electron chi connectivity index (χ3n) is 4.09. The Kier molecular flexibility index (Phi) is 3.68. The van der Waals surface area contributed by atoms with E-state index in [1.54, 1.807) is 0 Å². The van der Waals surface area contributed by atoms with Crippen LogP contribution in [0.2, 0.25) is 0 Å². The van der Waals surface area contributed by atoms with Crippen molar-refractivity contribution in [3.8, 4) is 0 Å². The van der Waals surface area contributed by atoms with Crippen LogP contribution in [-0.2, 0) is 16.6 Å². The number of hydrogen-bond acceptors (Lipinski definition) is 1. The van der Waals surface area contributed by atoms with Crippen LogP contribution in [0.15, 0.2) is 89.8 Å². The van der Waals surface area contributed by atoms with E-state index in [4.69, 9.17) is 0 Å². The fourth-order valence-electron chi connectivity index (χ4n) is 3.01. The van der Waals surface area contributed by atoms with Crippen molar-refractivity contribution >= 4 is 32.3 Å². The molecule has 0 amide bonds. The summed E-state index contributed by atoms with van der Waals surface area (Å²) in [6.45, 7) is 0. The normalized spacial score (nSPS) is 12.5. The minimum Gasteiger partial charge on any atom is -0.254 e. The van der Waals surface area contributed by atoms with Gasteiger partial charge in [-0.05, 0) is 33.2 Å². The molecule has 0 aliphatic carbocycles. The molecular weight excluding hydrogens is 300 g/mol. The van der Waals surface area contributed by atoms with Crippen molar-refractivity contribution in [2.45, 2.75) is 10.6 Å². The van der Waals surface area contributed by atoms with Crippen molar-refractivity contribution in [3.63, 3.8) is 0 Å². The molecule has 0 aliphatic rings. The molecule has 1 unspecified atom stereocenters. The molecule has 4 aromatic carbocycles. The van der Waals surface area contributed by atoms with Gasteiger partial charge in [0.1, 0.15) is 0 Å². The first-order chi connectivity index (χ1) is 11.3. The van der Waals surface area contributed by atoms with E-state index in [-0.39, 0.29) is 0 Å². The standard InChI is InChI=1S/C21H16OS/c22-23(15-16-8-2-1-3-9-16)21-19-12-6-4-10-17(19)14-18-11-5-7-13-20(18)21/h1-14H,15H2. The third-order valence-corrected chi connectivity index (χ3v) is 5.58. The van der Waals surface area contributed by atoms with Gasteiger partial charge in [0.25, 0.3) is 0 Å².